The minimum absolute atomic E-state index is 0.119. The molecule has 0 radical (unpaired) electrons. The second kappa shape index (κ2) is 8.39. The second-order valence-electron chi connectivity index (χ2n) is 7.10. The highest BCUT2D eigenvalue weighted by Gasteiger charge is 2.26. The molecule has 0 saturated heterocycles. The summed E-state index contributed by atoms with van der Waals surface area (Å²) < 4.78 is 12.4. The fraction of sp³-hybridized carbons (Fsp3) is 0.381. The molecule has 3 aromatic rings. The molecule has 7 heteroatoms. The molecule has 0 saturated carbocycles. The molecule has 0 fully saturated rings. The van der Waals surface area contributed by atoms with Crippen molar-refractivity contribution in [2.75, 3.05) is 13.7 Å². The number of rotatable bonds is 7. The van der Waals surface area contributed by atoms with Gasteiger partial charge in [-0.05, 0) is 26.3 Å². The van der Waals surface area contributed by atoms with Crippen LogP contribution in [0.15, 0.2) is 41.1 Å². The summed E-state index contributed by atoms with van der Waals surface area (Å²) >= 11 is 0. The van der Waals surface area contributed by atoms with Crippen LogP contribution in [-0.4, -0.2) is 45.5 Å². The lowest BCUT2D eigenvalue weighted by molar-refractivity contribution is 0.0504. The van der Waals surface area contributed by atoms with Gasteiger partial charge in [0.1, 0.15) is 5.69 Å². The van der Waals surface area contributed by atoms with Crippen molar-refractivity contribution < 1.29 is 14.1 Å². The molecule has 1 amide bonds. The van der Waals surface area contributed by atoms with Gasteiger partial charge in [-0.3, -0.25) is 9.48 Å². The third-order valence-corrected chi connectivity index (χ3v) is 4.65. The van der Waals surface area contributed by atoms with E-state index in [2.05, 4.69) is 16.3 Å². The number of methoxy groups -OCH3 is 1. The summed E-state index contributed by atoms with van der Waals surface area (Å²) in [5.41, 5.74) is 4.49. The van der Waals surface area contributed by atoms with E-state index in [4.69, 9.17) is 9.26 Å². The van der Waals surface area contributed by atoms with Gasteiger partial charge in [0.2, 0.25) is 5.76 Å². The quantitative estimate of drug-likeness (QED) is 0.626. The standard InChI is InChI=1S/C21H26N4O3/c1-14-7-6-8-17(9-14)11-25(15(2)13-27-5)21(26)20-10-19(23-28-20)18-12-24(4)22-16(18)3/h6-10,12,15H,11,13H2,1-5H3. The first-order valence-electron chi connectivity index (χ1n) is 9.21. The number of carbonyl (C=O) groups is 1. The van der Waals surface area contributed by atoms with Crippen molar-refractivity contribution in [1.82, 2.24) is 19.8 Å². The van der Waals surface area contributed by atoms with Crippen LogP contribution in [-0.2, 0) is 18.3 Å². The van der Waals surface area contributed by atoms with Gasteiger partial charge >= 0.3 is 0 Å². The second-order valence-corrected chi connectivity index (χ2v) is 7.10. The molecule has 1 aromatic carbocycles. The maximum atomic E-state index is 13.2. The molecular weight excluding hydrogens is 356 g/mol. The Bertz CT molecular complexity index is 960. The van der Waals surface area contributed by atoms with Crippen LogP contribution in [0.3, 0.4) is 0 Å². The van der Waals surface area contributed by atoms with E-state index in [1.54, 1.807) is 22.8 Å². The van der Waals surface area contributed by atoms with E-state index in [9.17, 15) is 4.79 Å². The van der Waals surface area contributed by atoms with Crippen LogP contribution >= 0.6 is 0 Å². The Kier molecular flexibility index (Phi) is 5.94. The van der Waals surface area contributed by atoms with Crippen molar-refractivity contribution in [2.24, 2.45) is 7.05 Å². The van der Waals surface area contributed by atoms with Gasteiger partial charge in [-0.15, -0.1) is 0 Å². The van der Waals surface area contributed by atoms with Crippen molar-refractivity contribution in [1.29, 1.82) is 0 Å². The van der Waals surface area contributed by atoms with Gasteiger partial charge in [-0.25, -0.2) is 0 Å². The molecule has 0 aliphatic rings. The van der Waals surface area contributed by atoms with Crippen molar-refractivity contribution in [3.05, 3.63) is 59.1 Å². The zero-order valence-electron chi connectivity index (χ0n) is 17.0. The summed E-state index contributed by atoms with van der Waals surface area (Å²) in [4.78, 5) is 14.9. The molecule has 0 N–H and O–H groups in total. The van der Waals surface area contributed by atoms with E-state index in [0.717, 1.165) is 22.4 Å². The number of hydrogen-bond donors (Lipinski definition) is 0. The van der Waals surface area contributed by atoms with Gasteiger partial charge in [-0.1, -0.05) is 35.0 Å². The average molecular weight is 382 g/mol. The van der Waals surface area contributed by atoms with Crippen LogP contribution < -0.4 is 0 Å². The highest BCUT2D eigenvalue weighted by atomic mass is 16.5. The third-order valence-electron chi connectivity index (χ3n) is 4.65. The van der Waals surface area contributed by atoms with Gasteiger partial charge in [0, 0.05) is 38.5 Å². The van der Waals surface area contributed by atoms with Gasteiger partial charge in [-0.2, -0.15) is 5.10 Å². The van der Waals surface area contributed by atoms with Crippen LogP contribution in [0.25, 0.3) is 11.3 Å². The van der Waals surface area contributed by atoms with Crippen LogP contribution in [0.2, 0.25) is 0 Å². The molecule has 0 bridgehead atoms. The molecule has 1 unspecified atom stereocenters. The number of amides is 1. The highest BCUT2D eigenvalue weighted by Crippen LogP contribution is 2.23. The zero-order chi connectivity index (χ0) is 20.3. The maximum absolute atomic E-state index is 13.2. The lowest BCUT2D eigenvalue weighted by atomic mass is 10.1. The van der Waals surface area contributed by atoms with E-state index in [-0.39, 0.29) is 17.7 Å². The van der Waals surface area contributed by atoms with Crippen LogP contribution in [0.5, 0.6) is 0 Å². The lowest BCUT2D eigenvalue weighted by Crippen LogP contribution is -2.40. The molecule has 1 atom stereocenters. The zero-order valence-corrected chi connectivity index (χ0v) is 17.0. The normalized spacial score (nSPS) is 12.2. The van der Waals surface area contributed by atoms with Crippen molar-refractivity contribution >= 4 is 5.91 Å². The minimum atomic E-state index is -0.216. The number of carbonyl (C=O) groups excluding carboxylic acids is 1. The molecule has 0 aliphatic heterocycles. The van der Waals surface area contributed by atoms with Crippen LogP contribution in [0, 0.1) is 13.8 Å². The first-order valence-corrected chi connectivity index (χ1v) is 9.21. The van der Waals surface area contributed by atoms with E-state index in [0.29, 0.717) is 18.8 Å². The SMILES string of the molecule is COCC(C)N(Cc1cccc(C)c1)C(=O)c1cc(-c2cn(C)nc2C)no1. The monoisotopic (exact) mass is 382 g/mol. The first kappa shape index (κ1) is 19.8. The van der Waals surface area contributed by atoms with E-state index < -0.39 is 0 Å². The van der Waals surface area contributed by atoms with Gasteiger partial charge in [0.15, 0.2) is 0 Å². The number of hydrogen-bond acceptors (Lipinski definition) is 5. The van der Waals surface area contributed by atoms with Crippen molar-refractivity contribution in [3.8, 4) is 11.3 Å². The number of benzene rings is 1. The third kappa shape index (κ3) is 4.31. The summed E-state index contributed by atoms with van der Waals surface area (Å²) in [5.74, 6) is -0.0137. The Labute approximate surface area is 164 Å². The molecular formula is C21H26N4O3. The largest absolute Gasteiger partial charge is 0.383 e. The molecule has 0 spiro atoms. The average Bonchev–Trinajstić information content (AvgIpc) is 3.25. The summed E-state index contributed by atoms with van der Waals surface area (Å²) in [6, 6.07) is 9.67. The molecule has 7 nitrogen and oxygen atoms in total. The first-order chi connectivity index (χ1) is 13.4. The van der Waals surface area contributed by atoms with E-state index in [1.165, 1.54) is 0 Å². The number of aryl methyl sites for hydroxylation is 3. The number of nitrogens with zero attached hydrogens (tertiary/aromatic N) is 4. The molecule has 2 aromatic heterocycles. The molecule has 28 heavy (non-hydrogen) atoms. The van der Waals surface area contributed by atoms with Crippen LogP contribution in [0.4, 0.5) is 0 Å². The van der Waals surface area contributed by atoms with Gasteiger partial charge in [0.25, 0.3) is 5.91 Å². The fourth-order valence-corrected chi connectivity index (χ4v) is 3.26. The van der Waals surface area contributed by atoms with E-state index in [1.807, 2.05) is 52.2 Å². The smallest absolute Gasteiger partial charge is 0.293 e. The highest BCUT2D eigenvalue weighted by molar-refractivity contribution is 5.92. The maximum Gasteiger partial charge on any atom is 0.293 e. The molecule has 2 heterocycles. The Morgan fingerprint density at radius 3 is 2.75 bits per heavy atom. The fourth-order valence-electron chi connectivity index (χ4n) is 3.26. The van der Waals surface area contributed by atoms with Crippen molar-refractivity contribution in [2.45, 2.75) is 33.4 Å². The Hall–Kier alpha value is -2.93. The van der Waals surface area contributed by atoms with E-state index >= 15 is 0 Å². The molecule has 0 aliphatic carbocycles. The lowest BCUT2D eigenvalue weighted by Gasteiger charge is -2.28. The van der Waals surface area contributed by atoms with Crippen molar-refractivity contribution in [3.63, 3.8) is 0 Å². The summed E-state index contributed by atoms with van der Waals surface area (Å²) in [6.07, 6.45) is 1.86. The predicted molar refractivity (Wildman–Crippen MR) is 106 cm³/mol. The number of ether oxygens (including phenoxy) is 1. The summed E-state index contributed by atoms with van der Waals surface area (Å²) in [5, 5.41) is 8.40. The van der Waals surface area contributed by atoms with Gasteiger partial charge < -0.3 is 14.2 Å². The Morgan fingerprint density at radius 2 is 2.11 bits per heavy atom. The summed E-state index contributed by atoms with van der Waals surface area (Å²) in [6.45, 7) is 6.79. The topological polar surface area (TPSA) is 73.4 Å². The molecule has 3 rings (SSSR count). The summed E-state index contributed by atoms with van der Waals surface area (Å²) in [7, 11) is 3.47. The Morgan fingerprint density at radius 1 is 1.32 bits per heavy atom. The molecule has 148 valence electrons. The minimum Gasteiger partial charge on any atom is -0.383 e. The van der Waals surface area contributed by atoms with Gasteiger partial charge in [0.05, 0.1) is 18.3 Å². The predicted octanol–water partition coefficient (Wildman–Crippen LogP) is 3.37. The Balaban J connectivity index is 1.87. The number of aromatic nitrogens is 3. The van der Waals surface area contributed by atoms with Crippen LogP contribution in [0.1, 0.15) is 34.3 Å².